The van der Waals surface area contributed by atoms with Crippen molar-refractivity contribution >= 4 is 5.65 Å². The molecule has 96 valence electrons. The van der Waals surface area contributed by atoms with Gasteiger partial charge in [0.15, 0.2) is 5.65 Å². The first-order valence-corrected chi connectivity index (χ1v) is 5.53. The van der Waals surface area contributed by atoms with E-state index in [9.17, 15) is 13.2 Å². The van der Waals surface area contributed by atoms with Crippen molar-refractivity contribution in [1.29, 1.82) is 0 Å². The van der Waals surface area contributed by atoms with Gasteiger partial charge in [0.05, 0.1) is 6.20 Å². The lowest BCUT2D eigenvalue weighted by Crippen LogP contribution is -2.12. The summed E-state index contributed by atoms with van der Waals surface area (Å²) in [7, 11) is 0. The molecular weight excluding hydrogens is 255 g/mol. The maximum Gasteiger partial charge on any atom is 0.433 e. The van der Waals surface area contributed by atoms with E-state index in [0.717, 1.165) is 22.3 Å². The van der Waals surface area contributed by atoms with Gasteiger partial charge in [-0.15, -0.1) is 0 Å². The molecular formula is C13H8F3N3. The largest absolute Gasteiger partial charge is 0.433 e. The van der Waals surface area contributed by atoms with Gasteiger partial charge in [-0.3, -0.25) is 0 Å². The second-order valence-electron chi connectivity index (χ2n) is 3.99. The molecule has 0 unspecified atom stereocenters. The molecule has 3 nitrogen and oxygen atoms in total. The van der Waals surface area contributed by atoms with Gasteiger partial charge in [-0.25, -0.2) is 9.50 Å². The summed E-state index contributed by atoms with van der Waals surface area (Å²) in [6, 6.07) is 9.98. The fourth-order valence-electron chi connectivity index (χ4n) is 1.93. The molecule has 0 radical (unpaired) electrons. The lowest BCUT2D eigenvalue weighted by Gasteiger charge is -2.08. The number of benzene rings is 1. The van der Waals surface area contributed by atoms with Crippen LogP contribution < -0.4 is 0 Å². The zero-order valence-electron chi connectivity index (χ0n) is 9.59. The maximum absolute atomic E-state index is 12.8. The highest BCUT2D eigenvalue weighted by Crippen LogP contribution is 2.31. The average molecular weight is 263 g/mol. The third-order valence-electron chi connectivity index (χ3n) is 2.78. The summed E-state index contributed by atoms with van der Waals surface area (Å²) in [5.74, 6) is 0. The number of aromatic nitrogens is 3. The number of nitrogens with zero attached hydrogens (tertiary/aromatic N) is 3. The number of alkyl halides is 3. The Kier molecular flexibility index (Phi) is 2.51. The van der Waals surface area contributed by atoms with E-state index >= 15 is 0 Å². The smallest absolute Gasteiger partial charge is 0.236 e. The van der Waals surface area contributed by atoms with Crippen LogP contribution in [0.4, 0.5) is 13.2 Å². The first kappa shape index (κ1) is 11.7. The van der Waals surface area contributed by atoms with Crippen LogP contribution >= 0.6 is 0 Å². The Balaban J connectivity index is 2.26. The Bertz CT molecular complexity index is 717. The number of hydrogen-bond acceptors (Lipinski definition) is 2. The van der Waals surface area contributed by atoms with Crippen molar-refractivity contribution in [2.24, 2.45) is 0 Å². The summed E-state index contributed by atoms with van der Waals surface area (Å²) in [6.07, 6.45) is -1.92. The minimum Gasteiger partial charge on any atom is -0.236 e. The van der Waals surface area contributed by atoms with Gasteiger partial charge < -0.3 is 0 Å². The zero-order chi connectivity index (χ0) is 13.5. The molecule has 0 fully saturated rings. The predicted octanol–water partition coefficient (Wildman–Crippen LogP) is 3.42. The van der Waals surface area contributed by atoms with E-state index in [1.807, 2.05) is 18.2 Å². The molecule has 0 saturated heterocycles. The van der Waals surface area contributed by atoms with Crippen molar-refractivity contribution in [1.82, 2.24) is 14.6 Å². The highest BCUT2D eigenvalue weighted by atomic mass is 19.4. The molecule has 0 saturated carbocycles. The molecule has 2 heterocycles. The van der Waals surface area contributed by atoms with Crippen LogP contribution in [-0.2, 0) is 6.18 Å². The van der Waals surface area contributed by atoms with Crippen molar-refractivity contribution in [2.45, 2.75) is 6.18 Å². The second-order valence-corrected chi connectivity index (χ2v) is 3.99. The number of hydrogen-bond donors (Lipinski definition) is 0. The van der Waals surface area contributed by atoms with Crippen LogP contribution in [0.2, 0.25) is 0 Å². The summed E-state index contributed by atoms with van der Waals surface area (Å²) < 4.78 is 39.3. The maximum atomic E-state index is 12.8. The molecule has 0 aliphatic rings. The van der Waals surface area contributed by atoms with Crippen LogP contribution in [0.5, 0.6) is 0 Å². The van der Waals surface area contributed by atoms with Crippen LogP contribution in [0.15, 0.2) is 48.8 Å². The van der Waals surface area contributed by atoms with E-state index in [1.54, 1.807) is 12.1 Å². The van der Waals surface area contributed by atoms with Crippen LogP contribution in [0.25, 0.3) is 16.8 Å². The third kappa shape index (κ3) is 1.95. The van der Waals surface area contributed by atoms with Crippen LogP contribution in [0, 0.1) is 0 Å². The van der Waals surface area contributed by atoms with Gasteiger partial charge in [0, 0.05) is 11.8 Å². The average Bonchev–Trinajstić information content (AvgIpc) is 2.82. The summed E-state index contributed by atoms with van der Waals surface area (Å²) in [5, 5.41) is 3.80. The second kappa shape index (κ2) is 4.08. The summed E-state index contributed by atoms with van der Waals surface area (Å²) >= 11 is 0. The normalized spacial score (nSPS) is 11.9. The van der Waals surface area contributed by atoms with Gasteiger partial charge >= 0.3 is 6.18 Å². The molecule has 19 heavy (non-hydrogen) atoms. The van der Waals surface area contributed by atoms with Crippen LogP contribution in [0.3, 0.4) is 0 Å². The number of fused-ring (bicyclic) bond motifs is 1. The van der Waals surface area contributed by atoms with Crippen molar-refractivity contribution in [3.63, 3.8) is 0 Å². The van der Waals surface area contributed by atoms with E-state index in [-0.39, 0.29) is 5.65 Å². The van der Waals surface area contributed by atoms with E-state index in [2.05, 4.69) is 10.1 Å². The third-order valence-corrected chi connectivity index (χ3v) is 2.78. The zero-order valence-corrected chi connectivity index (χ0v) is 9.59. The SMILES string of the molecule is FC(F)(F)c1ccnc2c(-c3ccccc3)cnn12. The minimum atomic E-state index is -4.46. The van der Waals surface area contributed by atoms with E-state index in [0.29, 0.717) is 5.56 Å². The van der Waals surface area contributed by atoms with Gasteiger partial charge in [0.25, 0.3) is 0 Å². The highest BCUT2D eigenvalue weighted by molar-refractivity contribution is 5.76. The predicted molar refractivity (Wildman–Crippen MR) is 63.4 cm³/mol. The molecule has 2 aromatic heterocycles. The standard InChI is InChI=1S/C13H8F3N3/c14-13(15,16)11-6-7-17-12-10(8-18-19(11)12)9-4-2-1-3-5-9/h1-8H. The van der Waals surface area contributed by atoms with E-state index in [4.69, 9.17) is 0 Å². The van der Waals surface area contributed by atoms with E-state index in [1.165, 1.54) is 6.20 Å². The first-order valence-electron chi connectivity index (χ1n) is 5.53. The number of rotatable bonds is 1. The molecule has 6 heteroatoms. The Morgan fingerprint density at radius 2 is 1.74 bits per heavy atom. The van der Waals surface area contributed by atoms with Crippen LogP contribution in [0.1, 0.15) is 5.69 Å². The molecule has 0 aliphatic heterocycles. The highest BCUT2D eigenvalue weighted by Gasteiger charge is 2.34. The van der Waals surface area contributed by atoms with Crippen molar-refractivity contribution < 1.29 is 13.2 Å². The van der Waals surface area contributed by atoms with Gasteiger partial charge in [-0.2, -0.15) is 18.3 Å². The number of halogens is 3. The van der Waals surface area contributed by atoms with Gasteiger partial charge in [0.2, 0.25) is 0 Å². The molecule has 0 atom stereocenters. The fourth-order valence-corrected chi connectivity index (χ4v) is 1.93. The molecule has 0 aliphatic carbocycles. The summed E-state index contributed by atoms with van der Waals surface area (Å²) in [5.41, 5.74) is 0.719. The quantitative estimate of drug-likeness (QED) is 0.673. The minimum absolute atomic E-state index is 0.195. The lowest BCUT2D eigenvalue weighted by molar-refractivity contribution is -0.142. The first-order chi connectivity index (χ1) is 9.07. The van der Waals surface area contributed by atoms with E-state index < -0.39 is 11.9 Å². The van der Waals surface area contributed by atoms with Crippen molar-refractivity contribution in [2.75, 3.05) is 0 Å². The molecule has 3 rings (SSSR count). The van der Waals surface area contributed by atoms with Gasteiger partial charge in [0.1, 0.15) is 5.69 Å². The molecule has 0 N–H and O–H groups in total. The monoisotopic (exact) mass is 263 g/mol. The molecule has 0 amide bonds. The summed E-state index contributed by atoms with van der Waals surface area (Å²) in [6.45, 7) is 0. The molecule has 3 aromatic rings. The Morgan fingerprint density at radius 3 is 2.42 bits per heavy atom. The molecule has 0 bridgehead atoms. The molecule has 0 spiro atoms. The topological polar surface area (TPSA) is 30.2 Å². The lowest BCUT2D eigenvalue weighted by atomic mass is 10.1. The van der Waals surface area contributed by atoms with Crippen molar-refractivity contribution in [3.8, 4) is 11.1 Å². The van der Waals surface area contributed by atoms with Crippen molar-refractivity contribution in [3.05, 3.63) is 54.5 Å². The Morgan fingerprint density at radius 1 is 1.00 bits per heavy atom. The van der Waals surface area contributed by atoms with Gasteiger partial charge in [-0.05, 0) is 11.6 Å². The summed E-state index contributed by atoms with van der Waals surface area (Å²) in [4.78, 5) is 3.99. The fraction of sp³-hybridized carbons (Fsp3) is 0.0769. The Labute approximate surface area is 106 Å². The molecule has 1 aromatic carbocycles. The van der Waals surface area contributed by atoms with Crippen LogP contribution in [-0.4, -0.2) is 14.6 Å². The Hall–Kier alpha value is -2.37. The van der Waals surface area contributed by atoms with Gasteiger partial charge in [-0.1, -0.05) is 30.3 Å².